The lowest BCUT2D eigenvalue weighted by Gasteiger charge is -2.31. The van der Waals surface area contributed by atoms with Crippen LogP contribution < -0.4 is 14.8 Å². The van der Waals surface area contributed by atoms with Crippen LogP contribution in [0.5, 0.6) is 11.5 Å². The molecule has 2 aliphatic rings. The van der Waals surface area contributed by atoms with Crippen LogP contribution >= 0.6 is 0 Å². The van der Waals surface area contributed by atoms with E-state index in [-0.39, 0.29) is 42.7 Å². The number of nitrogens with one attached hydrogen (secondary N) is 1. The van der Waals surface area contributed by atoms with Gasteiger partial charge in [0.25, 0.3) is 0 Å². The van der Waals surface area contributed by atoms with Gasteiger partial charge in [0.2, 0.25) is 24.4 Å². The van der Waals surface area contributed by atoms with Crippen LogP contribution in [0.2, 0.25) is 0 Å². The maximum atomic E-state index is 13.5. The number of alkyl halides is 3. The Morgan fingerprint density at radius 3 is 2.56 bits per heavy atom. The number of aromatic nitrogens is 2. The highest BCUT2D eigenvalue weighted by Gasteiger charge is 2.38. The number of hydrogen-bond donors (Lipinski definition) is 1. The molecule has 1 N–H and O–H groups in total. The zero-order valence-corrected chi connectivity index (χ0v) is 18.0. The van der Waals surface area contributed by atoms with Crippen LogP contribution in [0.3, 0.4) is 0 Å². The monoisotopic (exact) mass is 474 g/mol. The van der Waals surface area contributed by atoms with Crippen molar-refractivity contribution in [3.8, 4) is 11.5 Å². The Morgan fingerprint density at radius 2 is 1.79 bits per heavy atom. The molecule has 2 aromatic carbocycles. The van der Waals surface area contributed by atoms with E-state index in [2.05, 4.69) is 10.3 Å². The number of nitrogens with zero attached hydrogens (tertiary/aromatic N) is 3. The van der Waals surface area contributed by atoms with E-state index in [4.69, 9.17) is 9.47 Å². The second kappa shape index (κ2) is 8.54. The average Bonchev–Trinajstić information content (AvgIpc) is 3.43. The molecule has 3 aromatic rings. The highest BCUT2D eigenvalue weighted by Crippen LogP contribution is 2.35. The third-order valence-electron chi connectivity index (χ3n) is 6.06. The summed E-state index contributed by atoms with van der Waals surface area (Å²) in [7, 11) is 0. The zero-order valence-electron chi connectivity index (χ0n) is 18.0. The largest absolute Gasteiger partial charge is 0.454 e. The minimum absolute atomic E-state index is 0.137. The normalized spacial score (nSPS) is 16.1. The lowest BCUT2D eigenvalue weighted by molar-refractivity contribution is -0.148. The molecule has 0 bridgehead atoms. The van der Waals surface area contributed by atoms with Crippen molar-refractivity contribution in [2.45, 2.75) is 25.6 Å². The molecule has 34 heavy (non-hydrogen) atoms. The first kappa shape index (κ1) is 22.1. The second-order valence-corrected chi connectivity index (χ2v) is 8.22. The summed E-state index contributed by atoms with van der Waals surface area (Å²) in [5.74, 6) is -0.851. The third kappa shape index (κ3) is 4.25. The SMILES string of the molecule is O=C(Nc1ccc2c(c1)OCO2)C1CCN(C(=O)Cn2c(C(F)(F)F)nc3ccccc32)CC1. The molecule has 0 spiro atoms. The molecule has 0 radical (unpaired) electrons. The summed E-state index contributed by atoms with van der Waals surface area (Å²) in [6.07, 6.45) is -3.85. The molecule has 8 nitrogen and oxygen atoms in total. The summed E-state index contributed by atoms with van der Waals surface area (Å²) in [4.78, 5) is 30.7. The Bertz CT molecular complexity index is 1250. The summed E-state index contributed by atoms with van der Waals surface area (Å²) < 4.78 is 52.0. The summed E-state index contributed by atoms with van der Waals surface area (Å²) in [6, 6.07) is 11.3. The number of halogens is 3. The molecular formula is C23H21F3N4O4. The summed E-state index contributed by atoms with van der Waals surface area (Å²) in [5.41, 5.74) is 1.02. The maximum Gasteiger partial charge on any atom is 0.449 e. The molecule has 1 saturated heterocycles. The van der Waals surface area contributed by atoms with Gasteiger partial charge in [0.15, 0.2) is 11.5 Å². The number of para-hydroxylation sites is 2. The van der Waals surface area contributed by atoms with Crippen LogP contribution in [0.4, 0.5) is 18.9 Å². The number of ether oxygens (including phenoxy) is 2. The number of amides is 2. The van der Waals surface area contributed by atoms with Crippen molar-refractivity contribution in [2.75, 3.05) is 25.2 Å². The van der Waals surface area contributed by atoms with Gasteiger partial charge in [0.1, 0.15) is 6.54 Å². The first-order valence-corrected chi connectivity index (χ1v) is 10.8. The molecule has 1 fully saturated rings. The van der Waals surface area contributed by atoms with Gasteiger partial charge in [-0.05, 0) is 37.1 Å². The number of likely N-dealkylation sites (tertiary alicyclic amines) is 1. The molecule has 0 atom stereocenters. The molecule has 3 heterocycles. The average molecular weight is 474 g/mol. The molecule has 1 aromatic heterocycles. The quantitative estimate of drug-likeness (QED) is 0.624. The van der Waals surface area contributed by atoms with Gasteiger partial charge in [-0.3, -0.25) is 9.59 Å². The standard InChI is InChI=1S/C23H21F3N4O4/c24-23(25,26)22-28-16-3-1-2-4-17(16)30(22)12-20(31)29-9-7-14(8-10-29)21(32)27-15-5-6-18-19(11-15)34-13-33-18/h1-6,11,14H,7-10,12-13H2,(H,27,32). The smallest absolute Gasteiger partial charge is 0.449 e. The highest BCUT2D eigenvalue weighted by molar-refractivity contribution is 5.93. The summed E-state index contributed by atoms with van der Waals surface area (Å²) >= 11 is 0. The number of fused-ring (bicyclic) bond motifs is 2. The minimum atomic E-state index is -4.68. The van der Waals surface area contributed by atoms with Gasteiger partial charge in [-0.25, -0.2) is 4.98 Å². The molecule has 2 aliphatic heterocycles. The van der Waals surface area contributed by atoms with Crippen LogP contribution in [-0.2, 0) is 22.3 Å². The minimum Gasteiger partial charge on any atom is -0.454 e. The maximum absolute atomic E-state index is 13.5. The van der Waals surface area contributed by atoms with E-state index in [0.717, 1.165) is 4.57 Å². The lowest BCUT2D eigenvalue weighted by atomic mass is 9.95. The number of rotatable bonds is 4. The number of benzene rings is 2. The van der Waals surface area contributed by atoms with Gasteiger partial charge in [-0.15, -0.1) is 0 Å². The molecule has 2 amide bonds. The first-order chi connectivity index (χ1) is 16.3. The van der Waals surface area contributed by atoms with Crippen LogP contribution in [0.25, 0.3) is 11.0 Å². The van der Waals surface area contributed by atoms with Crippen LogP contribution in [-0.4, -0.2) is 46.1 Å². The van der Waals surface area contributed by atoms with Gasteiger partial charge >= 0.3 is 6.18 Å². The Morgan fingerprint density at radius 1 is 1.06 bits per heavy atom. The van der Waals surface area contributed by atoms with Crippen molar-refractivity contribution in [2.24, 2.45) is 5.92 Å². The van der Waals surface area contributed by atoms with E-state index >= 15 is 0 Å². The van der Waals surface area contributed by atoms with Crippen LogP contribution in [0.1, 0.15) is 18.7 Å². The number of carbonyl (C=O) groups excluding carboxylic acids is 2. The fourth-order valence-corrected chi connectivity index (χ4v) is 4.30. The number of hydrogen-bond acceptors (Lipinski definition) is 5. The highest BCUT2D eigenvalue weighted by atomic mass is 19.4. The number of anilines is 1. The van der Waals surface area contributed by atoms with E-state index in [1.54, 1.807) is 30.3 Å². The van der Waals surface area contributed by atoms with E-state index in [0.29, 0.717) is 30.0 Å². The second-order valence-electron chi connectivity index (χ2n) is 8.22. The predicted molar refractivity (Wildman–Crippen MR) is 115 cm³/mol. The molecule has 0 saturated carbocycles. The third-order valence-corrected chi connectivity index (χ3v) is 6.06. The fourth-order valence-electron chi connectivity index (χ4n) is 4.30. The van der Waals surface area contributed by atoms with Crippen molar-refractivity contribution in [3.63, 3.8) is 0 Å². The van der Waals surface area contributed by atoms with E-state index in [9.17, 15) is 22.8 Å². The van der Waals surface area contributed by atoms with Crippen molar-refractivity contribution in [3.05, 3.63) is 48.3 Å². The Kier molecular flexibility index (Phi) is 5.54. The van der Waals surface area contributed by atoms with Crippen molar-refractivity contribution in [1.82, 2.24) is 14.5 Å². The summed E-state index contributed by atoms with van der Waals surface area (Å²) in [5, 5.41) is 2.85. The van der Waals surface area contributed by atoms with Gasteiger partial charge < -0.3 is 24.3 Å². The Balaban J connectivity index is 1.22. The van der Waals surface area contributed by atoms with E-state index in [1.165, 1.54) is 17.0 Å². The number of carbonyl (C=O) groups is 2. The van der Waals surface area contributed by atoms with Crippen molar-refractivity contribution < 1.29 is 32.2 Å². The van der Waals surface area contributed by atoms with Crippen molar-refractivity contribution >= 4 is 28.5 Å². The van der Waals surface area contributed by atoms with Gasteiger partial charge in [0, 0.05) is 30.8 Å². The number of piperidine rings is 1. The molecule has 0 aliphatic carbocycles. The van der Waals surface area contributed by atoms with Crippen LogP contribution in [0, 0.1) is 5.92 Å². The fraction of sp³-hybridized carbons (Fsp3) is 0.348. The molecule has 0 unspecified atom stereocenters. The van der Waals surface area contributed by atoms with Gasteiger partial charge in [-0.1, -0.05) is 12.1 Å². The van der Waals surface area contributed by atoms with Gasteiger partial charge in [-0.2, -0.15) is 13.2 Å². The zero-order chi connectivity index (χ0) is 23.9. The number of imidazole rings is 1. The van der Waals surface area contributed by atoms with Gasteiger partial charge in [0.05, 0.1) is 11.0 Å². The van der Waals surface area contributed by atoms with E-state index in [1.807, 2.05) is 0 Å². The molecule has 11 heteroatoms. The molecular weight excluding hydrogens is 453 g/mol. The predicted octanol–water partition coefficient (Wildman–Crippen LogP) is 3.66. The Hall–Kier alpha value is -3.76. The topological polar surface area (TPSA) is 85.7 Å². The molecule has 178 valence electrons. The van der Waals surface area contributed by atoms with Crippen molar-refractivity contribution in [1.29, 1.82) is 0 Å². The summed E-state index contributed by atoms with van der Waals surface area (Å²) in [6.45, 7) is 0.236. The van der Waals surface area contributed by atoms with E-state index < -0.39 is 24.5 Å². The lowest BCUT2D eigenvalue weighted by Crippen LogP contribution is -2.43. The van der Waals surface area contributed by atoms with Crippen LogP contribution in [0.15, 0.2) is 42.5 Å². The first-order valence-electron chi connectivity index (χ1n) is 10.8. The Labute approximate surface area is 192 Å². The molecule has 5 rings (SSSR count).